The lowest BCUT2D eigenvalue weighted by Gasteiger charge is -2.16. The first-order chi connectivity index (χ1) is 10.5. The van der Waals surface area contributed by atoms with Gasteiger partial charge in [0.1, 0.15) is 0 Å². The highest BCUT2D eigenvalue weighted by Crippen LogP contribution is 2.19. The minimum absolute atomic E-state index is 0.0353. The molecule has 22 heavy (non-hydrogen) atoms. The molecule has 0 heterocycles. The summed E-state index contributed by atoms with van der Waals surface area (Å²) in [5, 5.41) is 9.01. The van der Waals surface area contributed by atoms with Gasteiger partial charge in [-0.25, -0.2) is 13.1 Å². The lowest BCUT2D eigenvalue weighted by Crippen LogP contribution is -2.29. The Morgan fingerprint density at radius 1 is 1.00 bits per heavy atom. The van der Waals surface area contributed by atoms with Gasteiger partial charge in [0.15, 0.2) is 0 Å². The molecular formula is C16H17NO4S. The number of carboxylic acids is 1. The van der Waals surface area contributed by atoms with E-state index in [1.54, 1.807) is 42.5 Å². The summed E-state index contributed by atoms with van der Waals surface area (Å²) in [4.78, 5) is 11.2. The molecule has 2 aromatic carbocycles. The van der Waals surface area contributed by atoms with Crippen molar-refractivity contribution in [1.29, 1.82) is 0 Å². The molecule has 0 saturated carbocycles. The van der Waals surface area contributed by atoms with Crippen molar-refractivity contribution in [3.63, 3.8) is 0 Å². The number of nitrogens with one attached hydrogen (secondary N) is 1. The molecule has 0 aliphatic rings. The number of carbonyl (C=O) groups is 1. The Morgan fingerprint density at radius 2 is 1.55 bits per heavy atom. The SMILES string of the molecule is O=C(O)C[C@@H](CNS(=O)(=O)c1ccccc1)c1ccccc1. The number of hydrogen-bond donors (Lipinski definition) is 2. The molecule has 5 nitrogen and oxygen atoms in total. The quantitative estimate of drug-likeness (QED) is 0.819. The number of rotatable bonds is 7. The van der Waals surface area contributed by atoms with Gasteiger partial charge in [0.25, 0.3) is 0 Å². The van der Waals surface area contributed by atoms with E-state index in [2.05, 4.69) is 4.72 Å². The molecule has 0 spiro atoms. The van der Waals surface area contributed by atoms with E-state index in [4.69, 9.17) is 5.11 Å². The van der Waals surface area contributed by atoms with Crippen LogP contribution in [0.15, 0.2) is 65.6 Å². The standard InChI is InChI=1S/C16H17NO4S/c18-16(19)11-14(13-7-3-1-4-8-13)12-17-22(20,21)15-9-5-2-6-10-15/h1-10,14,17H,11-12H2,(H,18,19)/t14-/m0/s1. The normalized spacial score (nSPS) is 12.7. The van der Waals surface area contributed by atoms with Gasteiger partial charge in [0.05, 0.1) is 11.3 Å². The van der Waals surface area contributed by atoms with Gasteiger partial charge in [-0.1, -0.05) is 48.5 Å². The van der Waals surface area contributed by atoms with Gasteiger partial charge < -0.3 is 5.11 Å². The Kier molecular flexibility index (Phi) is 5.30. The summed E-state index contributed by atoms with van der Waals surface area (Å²) in [5.74, 6) is -1.38. The third-order valence-electron chi connectivity index (χ3n) is 3.27. The van der Waals surface area contributed by atoms with Crippen LogP contribution in [0.2, 0.25) is 0 Å². The molecule has 6 heteroatoms. The average molecular weight is 319 g/mol. The van der Waals surface area contributed by atoms with Crippen LogP contribution in [-0.2, 0) is 14.8 Å². The molecule has 0 saturated heterocycles. The number of carboxylic acid groups (broad SMARTS) is 1. The summed E-state index contributed by atoms with van der Waals surface area (Å²) in [6.07, 6.45) is -0.138. The number of hydrogen-bond acceptors (Lipinski definition) is 3. The first-order valence-electron chi connectivity index (χ1n) is 6.80. The second-order valence-electron chi connectivity index (χ2n) is 4.87. The predicted molar refractivity (Wildman–Crippen MR) is 83.1 cm³/mol. The molecule has 2 rings (SSSR count). The van der Waals surface area contributed by atoms with E-state index in [9.17, 15) is 13.2 Å². The van der Waals surface area contributed by atoms with Crippen molar-refractivity contribution < 1.29 is 18.3 Å². The highest BCUT2D eigenvalue weighted by Gasteiger charge is 2.20. The maximum atomic E-state index is 12.2. The molecule has 0 aliphatic heterocycles. The Balaban J connectivity index is 2.13. The zero-order chi connectivity index (χ0) is 16.0. The van der Waals surface area contributed by atoms with E-state index in [-0.39, 0.29) is 17.9 Å². The highest BCUT2D eigenvalue weighted by molar-refractivity contribution is 7.89. The van der Waals surface area contributed by atoms with E-state index >= 15 is 0 Å². The van der Waals surface area contributed by atoms with E-state index in [1.807, 2.05) is 6.07 Å². The lowest BCUT2D eigenvalue weighted by atomic mass is 9.96. The molecule has 116 valence electrons. The van der Waals surface area contributed by atoms with E-state index in [0.717, 1.165) is 5.56 Å². The van der Waals surface area contributed by atoms with Gasteiger partial charge in [0, 0.05) is 12.5 Å². The van der Waals surface area contributed by atoms with Crippen LogP contribution in [0.25, 0.3) is 0 Å². The first-order valence-corrected chi connectivity index (χ1v) is 8.29. The molecule has 0 aliphatic carbocycles. The van der Waals surface area contributed by atoms with Crippen molar-refractivity contribution in [2.45, 2.75) is 17.2 Å². The van der Waals surface area contributed by atoms with Crippen LogP contribution in [0.1, 0.15) is 17.9 Å². The van der Waals surface area contributed by atoms with Crippen LogP contribution in [0.3, 0.4) is 0 Å². The van der Waals surface area contributed by atoms with Crippen molar-refractivity contribution in [2.75, 3.05) is 6.54 Å². The summed E-state index contributed by atoms with van der Waals surface area (Å²) >= 11 is 0. The van der Waals surface area contributed by atoms with Crippen LogP contribution in [0.4, 0.5) is 0 Å². The van der Waals surface area contributed by atoms with Crippen LogP contribution >= 0.6 is 0 Å². The smallest absolute Gasteiger partial charge is 0.304 e. The summed E-state index contributed by atoms with van der Waals surface area (Å²) in [5.41, 5.74) is 0.792. The van der Waals surface area contributed by atoms with Crippen molar-refractivity contribution >= 4 is 16.0 Å². The van der Waals surface area contributed by atoms with Crippen LogP contribution in [0.5, 0.6) is 0 Å². The number of sulfonamides is 1. The molecule has 0 amide bonds. The monoisotopic (exact) mass is 319 g/mol. The fourth-order valence-corrected chi connectivity index (χ4v) is 3.24. The number of benzene rings is 2. The van der Waals surface area contributed by atoms with Gasteiger partial charge in [-0.05, 0) is 17.7 Å². The minimum atomic E-state index is -3.64. The summed E-state index contributed by atoms with van der Waals surface area (Å²) in [6.45, 7) is 0.0353. The van der Waals surface area contributed by atoms with Crippen molar-refractivity contribution in [1.82, 2.24) is 4.72 Å². The largest absolute Gasteiger partial charge is 0.481 e. The van der Waals surface area contributed by atoms with Crippen LogP contribution in [0, 0.1) is 0 Å². The average Bonchev–Trinajstić information content (AvgIpc) is 2.53. The van der Waals surface area contributed by atoms with Gasteiger partial charge in [-0.3, -0.25) is 4.79 Å². The second-order valence-corrected chi connectivity index (χ2v) is 6.64. The maximum Gasteiger partial charge on any atom is 0.304 e. The van der Waals surface area contributed by atoms with Crippen molar-refractivity contribution in [3.05, 3.63) is 66.2 Å². The maximum absolute atomic E-state index is 12.2. The minimum Gasteiger partial charge on any atom is -0.481 e. The molecule has 0 fully saturated rings. The molecule has 0 radical (unpaired) electrons. The molecule has 1 atom stereocenters. The summed E-state index contributed by atoms with van der Waals surface area (Å²) in [7, 11) is -3.64. The van der Waals surface area contributed by atoms with Crippen molar-refractivity contribution in [3.8, 4) is 0 Å². The lowest BCUT2D eigenvalue weighted by molar-refractivity contribution is -0.137. The molecule has 2 N–H and O–H groups in total. The Bertz CT molecular complexity index is 714. The topological polar surface area (TPSA) is 83.5 Å². The molecule has 0 unspecified atom stereocenters. The first kappa shape index (κ1) is 16.2. The van der Waals surface area contributed by atoms with Gasteiger partial charge in [-0.15, -0.1) is 0 Å². The highest BCUT2D eigenvalue weighted by atomic mass is 32.2. The third kappa shape index (κ3) is 4.41. The van der Waals surface area contributed by atoms with E-state index < -0.39 is 21.9 Å². The number of aliphatic carboxylic acids is 1. The Morgan fingerprint density at radius 3 is 2.09 bits per heavy atom. The zero-order valence-corrected chi connectivity index (χ0v) is 12.7. The van der Waals surface area contributed by atoms with Gasteiger partial charge >= 0.3 is 5.97 Å². The van der Waals surface area contributed by atoms with Crippen LogP contribution in [-0.4, -0.2) is 26.0 Å². The zero-order valence-electron chi connectivity index (χ0n) is 11.8. The Labute approximate surface area is 129 Å². The second kappa shape index (κ2) is 7.20. The Hall–Kier alpha value is -2.18. The van der Waals surface area contributed by atoms with Gasteiger partial charge in [-0.2, -0.15) is 0 Å². The fourth-order valence-electron chi connectivity index (χ4n) is 2.14. The summed E-state index contributed by atoms with van der Waals surface area (Å²) in [6, 6.07) is 17.0. The molecule has 0 bridgehead atoms. The molecular weight excluding hydrogens is 302 g/mol. The fraction of sp³-hybridized carbons (Fsp3) is 0.188. The predicted octanol–water partition coefficient (Wildman–Crippen LogP) is 2.22. The molecule has 2 aromatic rings. The molecule has 0 aromatic heterocycles. The van der Waals surface area contributed by atoms with Gasteiger partial charge in [0.2, 0.25) is 10.0 Å². The van der Waals surface area contributed by atoms with E-state index in [1.165, 1.54) is 12.1 Å². The third-order valence-corrected chi connectivity index (χ3v) is 4.70. The summed E-state index contributed by atoms with van der Waals surface area (Å²) < 4.78 is 26.9. The van der Waals surface area contributed by atoms with Crippen molar-refractivity contribution in [2.24, 2.45) is 0 Å². The van der Waals surface area contributed by atoms with Crippen LogP contribution < -0.4 is 4.72 Å². The van der Waals surface area contributed by atoms with E-state index in [0.29, 0.717) is 0 Å².